The molecule has 1 rings (SSSR count). The summed E-state index contributed by atoms with van der Waals surface area (Å²) < 4.78 is 24.7. The highest BCUT2D eigenvalue weighted by Crippen LogP contribution is 2.28. The first kappa shape index (κ1) is 12.1. The van der Waals surface area contributed by atoms with Crippen LogP contribution in [0.15, 0.2) is 18.2 Å². The number of phenols is 1. The van der Waals surface area contributed by atoms with E-state index in [0.717, 1.165) is 6.07 Å². The minimum absolute atomic E-state index is 0.0885. The SMILES string of the molecule is O=C(CBr)Cc1ccc(O)c(C(F)F)c1. The summed E-state index contributed by atoms with van der Waals surface area (Å²) in [6.45, 7) is 0. The molecular formula is C10H9BrF2O2. The first-order valence-electron chi connectivity index (χ1n) is 4.22. The molecule has 5 heteroatoms. The number of phenolic OH excluding ortho intramolecular Hbond substituents is 1. The molecule has 0 heterocycles. The molecule has 0 unspecified atom stereocenters. The van der Waals surface area contributed by atoms with Gasteiger partial charge >= 0.3 is 0 Å². The van der Waals surface area contributed by atoms with Crippen LogP contribution in [0, 0.1) is 0 Å². The average molecular weight is 279 g/mol. The Bertz CT molecular complexity index is 366. The molecule has 1 aromatic rings. The summed E-state index contributed by atoms with van der Waals surface area (Å²) in [4.78, 5) is 11.1. The minimum atomic E-state index is -2.73. The second-order valence-electron chi connectivity index (χ2n) is 3.04. The van der Waals surface area contributed by atoms with E-state index in [-0.39, 0.29) is 17.5 Å². The first-order valence-corrected chi connectivity index (χ1v) is 5.34. The maximum Gasteiger partial charge on any atom is 0.267 e. The van der Waals surface area contributed by atoms with E-state index in [1.165, 1.54) is 12.1 Å². The number of carbonyl (C=O) groups excluding carboxylic acids is 1. The zero-order chi connectivity index (χ0) is 11.4. The van der Waals surface area contributed by atoms with Crippen LogP contribution < -0.4 is 0 Å². The second kappa shape index (κ2) is 5.21. The minimum Gasteiger partial charge on any atom is -0.507 e. The lowest BCUT2D eigenvalue weighted by atomic mass is 10.1. The smallest absolute Gasteiger partial charge is 0.267 e. The number of ketones is 1. The summed E-state index contributed by atoms with van der Waals surface area (Å²) >= 11 is 2.99. The number of Topliss-reactive ketones (excluding diaryl/α,β-unsaturated/α-hetero) is 1. The van der Waals surface area contributed by atoms with Crippen molar-refractivity contribution in [3.63, 3.8) is 0 Å². The molecule has 0 aromatic heterocycles. The molecule has 0 spiro atoms. The maximum atomic E-state index is 12.4. The summed E-state index contributed by atoms with van der Waals surface area (Å²) in [7, 11) is 0. The van der Waals surface area contributed by atoms with Gasteiger partial charge in [0, 0.05) is 6.42 Å². The van der Waals surface area contributed by atoms with Crippen LogP contribution in [-0.4, -0.2) is 16.2 Å². The topological polar surface area (TPSA) is 37.3 Å². The van der Waals surface area contributed by atoms with Crippen molar-refractivity contribution in [1.82, 2.24) is 0 Å². The molecule has 2 nitrogen and oxygen atoms in total. The molecule has 0 saturated carbocycles. The van der Waals surface area contributed by atoms with Gasteiger partial charge in [-0.05, 0) is 17.7 Å². The Morgan fingerprint density at radius 3 is 2.67 bits per heavy atom. The quantitative estimate of drug-likeness (QED) is 0.860. The molecule has 0 atom stereocenters. The van der Waals surface area contributed by atoms with Crippen molar-refractivity contribution in [2.75, 3.05) is 5.33 Å². The predicted molar refractivity (Wildman–Crippen MR) is 55.6 cm³/mol. The Balaban J connectivity index is 2.92. The van der Waals surface area contributed by atoms with Gasteiger partial charge in [-0.25, -0.2) is 8.78 Å². The largest absolute Gasteiger partial charge is 0.507 e. The number of hydrogen-bond donors (Lipinski definition) is 1. The Labute approximate surface area is 94.0 Å². The van der Waals surface area contributed by atoms with Crippen molar-refractivity contribution in [2.45, 2.75) is 12.8 Å². The molecule has 82 valence electrons. The fourth-order valence-corrected chi connectivity index (χ4v) is 1.36. The molecule has 1 aromatic carbocycles. The number of halogens is 3. The van der Waals surface area contributed by atoms with E-state index in [4.69, 9.17) is 5.11 Å². The lowest BCUT2D eigenvalue weighted by Gasteiger charge is -2.05. The predicted octanol–water partition coefficient (Wildman–Crippen LogP) is 2.84. The van der Waals surface area contributed by atoms with Gasteiger partial charge in [0.15, 0.2) is 0 Å². The Morgan fingerprint density at radius 1 is 1.47 bits per heavy atom. The highest BCUT2D eigenvalue weighted by Gasteiger charge is 2.13. The third-order valence-corrected chi connectivity index (χ3v) is 2.50. The molecule has 0 amide bonds. The molecule has 0 aliphatic heterocycles. The monoisotopic (exact) mass is 278 g/mol. The average Bonchev–Trinajstić information content (AvgIpc) is 2.20. The molecule has 0 radical (unpaired) electrons. The third kappa shape index (κ3) is 3.27. The Morgan fingerprint density at radius 2 is 2.13 bits per heavy atom. The van der Waals surface area contributed by atoms with Crippen molar-refractivity contribution < 1.29 is 18.7 Å². The van der Waals surface area contributed by atoms with Crippen LogP contribution in [0.1, 0.15) is 17.6 Å². The maximum absolute atomic E-state index is 12.4. The molecule has 0 fully saturated rings. The molecule has 15 heavy (non-hydrogen) atoms. The van der Waals surface area contributed by atoms with Gasteiger partial charge in [-0.15, -0.1) is 0 Å². The second-order valence-corrected chi connectivity index (χ2v) is 3.60. The van der Waals surface area contributed by atoms with Crippen molar-refractivity contribution >= 4 is 21.7 Å². The van der Waals surface area contributed by atoms with Crippen molar-refractivity contribution in [1.29, 1.82) is 0 Å². The number of carbonyl (C=O) groups is 1. The van der Waals surface area contributed by atoms with Crippen LogP contribution in [0.2, 0.25) is 0 Å². The van der Waals surface area contributed by atoms with Gasteiger partial charge in [-0.2, -0.15) is 0 Å². The highest BCUT2D eigenvalue weighted by molar-refractivity contribution is 9.09. The number of rotatable bonds is 4. The van der Waals surface area contributed by atoms with Gasteiger partial charge in [0.25, 0.3) is 6.43 Å². The normalized spacial score (nSPS) is 10.7. The Kier molecular flexibility index (Phi) is 4.20. The van der Waals surface area contributed by atoms with Gasteiger partial charge < -0.3 is 5.11 Å². The lowest BCUT2D eigenvalue weighted by molar-refractivity contribution is -0.115. The van der Waals surface area contributed by atoms with Gasteiger partial charge in [0.1, 0.15) is 11.5 Å². The van der Waals surface area contributed by atoms with E-state index in [1.807, 2.05) is 0 Å². The number of alkyl halides is 3. The van der Waals surface area contributed by atoms with E-state index in [2.05, 4.69) is 15.9 Å². The summed E-state index contributed by atoms with van der Waals surface area (Å²) in [6.07, 6.45) is -2.64. The van der Waals surface area contributed by atoms with Crippen molar-refractivity contribution in [2.24, 2.45) is 0 Å². The summed E-state index contributed by atoms with van der Waals surface area (Å²) in [5.74, 6) is -0.541. The van der Waals surface area contributed by atoms with Gasteiger partial charge in [0.2, 0.25) is 0 Å². The highest BCUT2D eigenvalue weighted by atomic mass is 79.9. The number of hydrogen-bond acceptors (Lipinski definition) is 2. The van der Waals surface area contributed by atoms with Crippen molar-refractivity contribution in [3.05, 3.63) is 29.3 Å². The van der Waals surface area contributed by atoms with Crippen LogP contribution in [0.5, 0.6) is 5.75 Å². The lowest BCUT2D eigenvalue weighted by Crippen LogP contribution is -2.03. The van der Waals surface area contributed by atoms with E-state index < -0.39 is 17.7 Å². The van der Waals surface area contributed by atoms with Crippen LogP contribution in [-0.2, 0) is 11.2 Å². The van der Waals surface area contributed by atoms with Crippen LogP contribution in [0.4, 0.5) is 8.78 Å². The fraction of sp³-hybridized carbons (Fsp3) is 0.300. The van der Waals surface area contributed by atoms with E-state index in [9.17, 15) is 13.6 Å². The number of aromatic hydroxyl groups is 1. The molecule has 0 saturated heterocycles. The number of benzene rings is 1. The Hall–Kier alpha value is -0.970. The fourth-order valence-electron chi connectivity index (χ4n) is 1.16. The zero-order valence-electron chi connectivity index (χ0n) is 7.71. The van der Waals surface area contributed by atoms with Crippen molar-refractivity contribution in [3.8, 4) is 5.75 Å². The summed E-state index contributed by atoms with van der Waals surface area (Å²) in [6, 6.07) is 3.79. The molecule has 0 bridgehead atoms. The molecule has 0 aliphatic carbocycles. The first-order chi connectivity index (χ1) is 7.04. The van der Waals surface area contributed by atoms with Crippen LogP contribution in [0.3, 0.4) is 0 Å². The van der Waals surface area contributed by atoms with E-state index in [0.29, 0.717) is 5.56 Å². The molecular weight excluding hydrogens is 270 g/mol. The molecule has 1 N–H and O–H groups in total. The third-order valence-electron chi connectivity index (χ3n) is 1.88. The van der Waals surface area contributed by atoms with Crippen LogP contribution >= 0.6 is 15.9 Å². The van der Waals surface area contributed by atoms with Gasteiger partial charge in [0.05, 0.1) is 10.9 Å². The van der Waals surface area contributed by atoms with Gasteiger partial charge in [-0.1, -0.05) is 22.0 Å². The summed E-state index contributed by atoms with van der Waals surface area (Å²) in [5.41, 5.74) is 0.0439. The van der Waals surface area contributed by atoms with E-state index in [1.54, 1.807) is 0 Å². The van der Waals surface area contributed by atoms with Crippen LogP contribution in [0.25, 0.3) is 0 Å². The zero-order valence-corrected chi connectivity index (χ0v) is 9.30. The summed E-state index contributed by atoms with van der Waals surface area (Å²) in [5, 5.41) is 9.31. The molecule has 0 aliphatic rings. The van der Waals surface area contributed by atoms with E-state index >= 15 is 0 Å². The van der Waals surface area contributed by atoms with Gasteiger partial charge in [-0.3, -0.25) is 4.79 Å². The standard InChI is InChI=1S/C10H9BrF2O2/c11-5-7(14)3-6-1-2-9(15)8(4-6)10(12)13/h1-2,4,10,15H,3,5H2.